The van der Waals surface area contributed by atoms with Crippen LogP contribution in [-0.4, -0.2) is 49.9 Å². The monoisotopic (exact) mass is 337 g/mol. The average molecular weight is 337 g/mol. The summed E-state index contributed by atoms with van der Waals surface area (Å²) in [7, 11) is -3.02. The van der Waals surface area contributed by atoms with E-state index in [9.17, 15) is 13.2 Å². The van der Waals surface area contributed by atoms with Crippen molar-refractivity contribution in [2.24, 2.45) is 5.92 Å². The molecule has 5 nitrogen and oxygen atoms in total. The van der Waals surface area contributed by atoms with E-state index in [4.69, 9.17) is 4.74 Å². The minimum atomic E-state index is -3.02. The van der Waals surface area contributed by atoms with E-state index in [1.807, 2.05) is 32.0 Å². The molecule has 0 N–H and O–H groups in total. The molecule has 1 atom stereocenters. The number of benzene rings is 1. The van der Waals surface area contributed by atoms with Crippen LogP contribution in [0.1, 0.15) is 24.0 Å². The molecule has 23 heavy (non-hydrogen) atoms. The zero-order valence-corrected chi connectivity index (χ0v) is 14.4. The van der Waals surface area contributed by atoms with Crippen molar-refractivity contribution in [2.75, 3.05) is 24.7 Å². The lowest BCUT2D eigenvalue weighted by Gasteiger charge is -2.35. The van der Waals surface area contributed by atoms with Crippen LogP contribution in [0.4, 0.5) is 0 Å². The Morgan fingerprint density at radius 2 is 1.87 bits per heavy atom. The maximum absolute atomic E-state index is 12.5. The zero-order valence-electron chi connectivity index (χ0n) is 13.6. The maximum atomic E-state index is 12.5. The van der Waals surface area contributed by atoms with Gasteiger partial charge in [-0.05, 0) is 55.9 Å². The third-order valence-electron chi connectivity index (χ3n) is 4.51. The van der Waals surface area contributed by atoms with Crippen LogP contribution < -0.4 is 4.74 Å². The van der Waals surface area contributed by atoms with Crippen LogP contribution in [0, 0.1) is 19.8 Å². The summed E-state index contributed by atoms with van der Waals surface area (Å²) in [6.45, 7) is 4.23. The Morgan fingerprint density at radius 3 is 2.48 bits per heavy atom. The zero-order chi connectivity index (χ0) is 16.6. The lowest BCUT2D eigenvalue weighted by Crippen LogP contribution is -2.53. The fourth-order valence-corrected chi connectivity index (χ4v) is 4.88. The van der Waals surface area contributed by atoms with Crippen molar-refractivity contribution in [1.82, 2.24) is 4.90 Å². The van der Waals surface area contributed by atoms with Crippen molar-refractivity contribution in [2.45, 2.75) is 32.7 Å². The van der Waals surface area contributed by atoms with Crippen LogP contribution in [0.25, 0.3) is 0 Å². The van der Waals surface area contributed by atoms with E-state index >= 15 is 0 Å². The van der Waals surface area contributed by atoms with Gasteiger partial charge >= 0.3 is 0 Å². The van der Waals surface area contributed by atoms with Gasteiger partial charge in [0.2, 0.25) is 0 Å². The molecule has 126 valence electrons. The molecule has 3 rings (SSSR count). The van der Waals surface area contributed by atoms with E-state index in [0.717, 1.165) is 24.0 Å². The number of hydrogen-bond donors (Lipinski definition) is 0. The molecule has 1 amide bonds. The molecule has 1 aromatic rings. The topological polar surface area (TPSA) is 63.7 Å². The van der Waals surface area contributed by atoms with Crippen LogP contribution >= 0.6 is 0 Å². The molecule has 1 heterocycles. The van der Waals surface area contributed by atoms with Gasteiger partial charge in [-0.15, -0.1) is 0 Å². The highest BCUT2D eigenvalue weighted by Gasteiger charge is 2.43. The summed E-state index contributed by atoms with van der Waals surface area (Å²) in [6.07, 6.45) is 2.03. The van der Waals surface area contributed by atoms with Gasteiger partial charge in [0.05, 0.1) is 11.5 Å². The van der Waals surface area contributed by atoms with Gasteiger partial charge in [0.25, 0.3) is 5.91 Å². The standard InChI is InChI=1S/C17H23NO4S/c1-12-7-13(2)9-15(8-12)22-10-17(19)18-5-6-23(20,21)11-16(18)14-3-4-14/h7-9,14,16H,3-6,10-11H2,1-2H3. The fraction of sp³-hybridized carbons (Fsp3) is 0.588. The lowest BCUT2D eigenvalue weighted by molar-refractivity contribution is -0.135. The fourth-order valence-electron chi connectivity index (χ4n) is 3.26. The number of nitrogens with zero attached hydrogens (tertiary/aromatic N) is 1. The van der Waals surface area contributed by atoms with Crippen molar-refractivity contribution in [1.29, 1.82) is 0 Å². The van der Waals surface area contributed by atoms with E-state index in [-0.39, 0.29) is 30.1 Å². The average Bonchev–Trinajstić information content (AvgIpc) is 3.27. The lowest BCUT2D eigenvalue weighted by atomic mass is 10.1. The van der Waals surface area contributed by atoms with E-state index in [1.165, 1.54) is 0 Å². The van der Waals surface area contributed by atoms with Gasteiger partial charge in [-0.2, -0.15) is 0 Å². The summed E-state index contributed by atoms with van der Waals surface area (Å²) in [5.41, 5.74) is 2.18. The van der Waals surface area contributed by atoms with Gasteiger partial charge in [-0.1, -0.05) is 6.07 Å². The Balaban J connectivity index is 1.65. The maximum Gasteiger partial charge on any atom is 0.260 e. The Kier molecular flexibility index (Phi) is 4.36. The Hall–Kier alpha value is -1.56. The van der Waals surface area contributed by atoms with Gasteiger partial charge in [-0.3, -0.25) is 4.79 Å². The second-order valence-electron chi connectivity index (χ2n) is 6.72. The first-order valence-corrected chi connectivity index (χ1v) is 9.87. The SMILES string of the molecule is Cc1cc(C)cc(OCC(=O)N2CCS(=O)(=O)CC2C2CC2)c1. The molecule has 0 aromatic heterocycles. The number of rotatable bonds is 4. The third-order valence-corrected chi connectivity index (χ3v) is 6.17. The molecule has 0 spiro atoms. The van der Waals surface area contributed by atoms with Crippen LogP contribution in [0.2, 0.25) is 0 Å². The first-order valence-electron chi connectivity index (χ1n) is 8.05. The minimum absolute atomic E-state index is 0.0356. The van der Waals surface area contributed by atoms with Gasteiger partial charge in [0.15, 0.2) is 16.4 Å². The normalized spacial score (nSPS) is 23.6. The summed E-state index contributed by atoms with van der Waals surface area (Å²) in [4.78, 5) is 14.2. The molecule has 6 heteroatoms. The Bertz CT molecular complexity index is 689. The molecule has 0 bridgehead atoms. The summed E-state index contributed by atoms with van der Waals surface area (Å²) in [5.74, 6) is 1.08. The Labute approximate surface area is 137 Å². The van der Waals surface area contributed by atoms with Crippen molar-refractivity contribution < 1.29 is 17.9 Å². The molecule has 1 saturated heterocycles. The van der Waals surface area contributed by atoms with Crippen molar-refractivity contribution in [3.63, 3.8) is 0 Å². The summed E-state index contributed by atoms with van der Waals surface area (Å²) >= 11 is 0. The summed E-state index contributed by atoms with van der Waals surface area (Å²) in [5, 5.41) is 0. The smallest absolute Gasteiger partial charge is 0.260 e. The third kappa shape index (κ3) is 4.05. The van der Waals surface area contributed by atoms with Crippen molar-refractivity contribution >= 4 is 15.7 Å². The van der Waals surface area contributed by atoms with E-state index in [0.29, 0.717) is 18.2 Å². The number of hydrogen-bond acceptors (Lipinski definition) is 4. The van der Waals surface area contributed by atoms with Gasteiger partial charge < -0.3 is 9.64 Å². The predicted molar refractivity (Wildman–Crippen MR) is 88.3 cm³/mol. The summed E-state index contributed by atoms with van der Waals surface area (Å²) < 4.78 is 29.3. The van der Waals surface area contributed by atoms with E-state index in [2.05, 4.69) is 0 Å². The van der Waals surface area contributed by atoms with Crippen LogP contribution in [0.3, 0.4) is 0 Å². The van der Waals surface area contributed by atoms with E-state index in [1.54, 1.807) is 4.90 Å². The molecule has 1 aliphatic heterocycles. The highest BCUT2D eigenvalue weighted by atomic mass is 32.2. The summed E-state index contributed by atoms with van der Waals surface area (Å²) in [6, 6.07) is 5.69. The number of ether oxygens (including phenoxy) is 1. The van der Waals surface area contributed by atoms with Crippen molar-refractivity contribution in [3.05, 3.63) is 29.3 Å². The first-order chi connectivity index (χ1) is 10.8. The Morgan fingerprint density at radius 1 is 1.22 bits per heavy atom. The second-order valence-corrected chi connectivity index (χ2v) is 8.95. The highest BCUT2D eigenvalue weighted by molar-refractivity contribution is 7.91. The molecule has 1 unspecified atom stereocenters. The first kappa shape index (κ1) is 16.3. The molecule has 1 saturated carbocycles. The number of sulfone groups is 1. The molecule has 0 radical (unpaired) electrons. The van der Waals surface area contributed by atoms with Crippen LogP contribution in [0.15, 0.2) is 18.2 Å². The molecular formula is C17H23NO4S. The largest absolute Gasteiger partial charge is 0.484 e. The van der Waals surface area contributed by atoms with E-state index < -0.39 is 9.84 Å². The number of carbonyl (C=O) groups is 1. The van der Waals surface area contributed by atoms with Gasteiger partial charge in [0.1, 0.15) is 5.75 Å². The molecule has 2 fully saturated rings. The van der Waals surface area contributed by atoms with Crippen LogP contribution in [0.5, 0.6) is 5.75 Å². The minimum Gasteiger partial charge on any atom is -0.484 e. The molecule has 2 aliphatic rings. The van der Waals surface area contributed by atoms with Crippen LogP contribution in [-0.2, 0) is 14.6 Å². The quantitative estimate of drug-likeness (QED) is 0.839. The highest BCUT2D eigenvalue weighted by Crippen LogP contribution is 2.37. The predicted octanol–water partition coefficient (Wildman–Crippen LogP) is 1.72. The van der Waals surface area contributed by atoms with Gasteiger partial charge in [-0.25, -0.2) is 8.42 Å². The number of aryl methyl sites for hydroxylation is 2. The van der Waals surface area contributed by atoms with Gasteiger partial charge in [0, 0.05) is 12.6 Å². The van der Waals surface area contributed by atoms with Crippen molar-refractivity contribution in [3.8, 4) is 5.75 Å². The molecular weight excluding hydrogens is 314 g/mol. The molecule has 1 aliphatic carbocycles. The number of amides is 1. The molecule has 1 aromatic carbocycles. The second kappa shape index (κ2) is 6.15. The number of carbonyl (C=O) groups excluding carboxylic acids is 1.